The zero-order valence-electron chi connectivity index (χ0n) is 12.3. The van der Waals surface area contributed by atoms with Crippen molar-refractivity contribution in [3.05, 3.63) is 18.2 Å². The molecule has 2 atom stereocenters. The Morgan fingerprint density at radius 3 is 2.68 bits per heavy atom. The van der Waals surface area contributed by atoms with Gasteiger partial charge in [-0.25, -0.2) is 4.98 Å². The lowest BCUT2D eigenvalue weighted by Gasteiger charge is -2.39. The summed E-state index contributed by atoms with van der Waals surface area (Å²) in [7, 11) is 0. The number of hydrogen-bond donors (Lipinski definition) is 1. The molecule has 2 aliphatic heterocycles. The average molecular weight is 263 g/mol. The van der Waals surface area contributed by atoms with E-state index in [2.05, 4.69) is 41.8 Å². The van der Waals surface area contributed by atoms with Crippen LogP contribution in [0.3, 0.4) is 0 Å². The molecular formula is C15H25N3O. The van der Waals surface area contributed by atoms with Crippen LogP contribution in [0.1, 0.15) is 45.7 Å². The van der Waals surface area contributed by atoms with Gasteiger partial charge in [0, 0.05) is 23.9 Å². The van der Waals surface area contributed by atoms with Crippen molar-refractivity contribution < 1.29 is 4.74 Å². The molecule has 1 aromatic rings. The van der Waals surface area contributed by atoms with E-state index in [-0.39, 0.29) is 17.1 Å². The molecule has 0 aromatic carbocycles. The van der Waals surface area contributed by atoms with E-state index < -0.39 is 0 Å². The Hall–Kier alpha value is -0.870. The third kappa shape index (κ3) is 2.01. The Balaban J connectivity index is 1.98. The number of aromatic nitrogens is 2. The minimum atomic E-state index is 0.0553. The Kier molecular flexibility index (Phi) is 3.18. The Bertz CT molecular complexity index is 450. The fourth-order valence-corrected chi connectivity index (χ4v) is 3.52. The molecule has 0 bridgehead atoms. The largest absolute Gasteiger partial charge is 0.376 e. The third-order valence-electron chi connectivity index (χ3n) is 5.37. The van der Waals surface area contributed by atoms with E-state index >= 15 is 0 Å². The summed E-state index contributed by atoms with van der Waals surface area (Å²) in [5, 5.41) is 3.45. The molecule has 0 saturated carbocycles. The minimum Gasteiger partial charge on any atom is -0.376 e. The molecule has 2 saturated heterocycles. The highest BCUT2D eigenvalue weighted by molar-refractivity contribution is 5.18. The SMILES string of the molecule is CC1OCCC1(C)n1cncc1C1(C)CCNCC1. The van der Waals surface area contributed by atoms with Gasteiger partial charge in [-0.2, -0.15) is 0 Å². The van der Waals surface area contributed by atoms with Crippen LogP contribution in [0.5, 0.6) is 0 Å². The summed E-state index contributed by atoms with van der Waals surface area (Å²) in [4.78, 5) is 4.45. The van der Waals surface area contributed by atoms with E-state index in [4.69, 9.17) is 4.74 Å². The third-order valence-corrected chi connectivity index (χ3v) is 5.37. The van der Waals surface area contributed by atoms with Gasteiger partial charge in [0.25, 0.3) is 0 Å². The molecule has 4 nitrogen and oxygen atoms in total. The first kappa shape index (κ1) is 13.1. The fraction of sp³-hybridized carbons (Fsp3) is 0.800. The highest BCUT2D eigenvalue weighted by atomic mass is 16.5. The van der Waals surface area contributed by atoms with Crippen molar-refractivity contribution in [2.75, 3.05) is 19.7 Å². The van der Waals surface area contributed by atoms with Crippen molar-refractivity contribution in [1.82, 2.24) is 14.9 Å². The molecule has 0 aliphatic carbocycles. The lowest BCUT2D eigenvalue weighted by Crippen LogP contribution is -2.44. The maximum Gasteiger partial charge on any atom is 0.0954 e. The quantitative estimate of drug-likeness (QED) is 0.887. The Morgan fingerprint density at radius 2 is 2.05 bits per heavy atom. The van der Waals surface area contributed by atoms with Gasteiger partial charge in [-0.1, -0.05) is 6.92 Å². The summed E-state index contributed by atoms with van der Waals surface area (Å²) in [6, 6.07) is 0. The fourth-order valence-electron chi connectivity index (χ4n) is 3.52. The smallest absolute Gasteiger partial charge is 0.0954 e. The molecule has 0 radical (unpaired) electrons. The molecular weight excluding hydrogens is 238 g/mol. The first-order valence-corrected chi connectivity index (χ1v) is 7.42. The predicted octanol–water partition coefficient (Wildman–Crippen LogP) is 2.05. The average Bonchev–Trinajstić information content (AvgIpc) is 3.00. The second-order valence-corrected chi connectivity index (χ2v) is 6.58. The molecule has 1 aromatic heterocycles. The minimum absolute atomic E-state index is 0.0553. The number of hydrogen-bond acceptors (Lipinski definition) is 3. The van der Waals surface area contributed by atoms with Crippen molar-refractivity contribution in [2.24, 2.45) is 0 Å². The number of nitrogens with zero attached hydrogens (tertiary/aromatic N) is 2. The molecule has 2 aliphatic rings. The summed E-state index contributed by atoms with van der Waals surface area (Å²) in [6.07, 6.45) is 7.78. The van der Waals surface area contributed by atoms with E-state index in [1.54, 1.807) is 0 Å². The van der Waals surface area contributed by atoms with Crippen LogP contribution in [0, 0.1) is 0 Å². The zero-order chi connectivity index (χ0) is 13.5. The van der Waals surface area contributed by atoms with Crippen molar-refractivity contribution in [1.29, 1.82) is 0 Å². The van der Waals surface area contributed by atoms with Crippen LogP contribution >= 0.6 is 0 Å². The predicted molar refractivity (Wildman–Crippen MR) is 75.4 cm³/mol. The summed E-state index contributed by atoms with van der Waals surface area (Å²) in [6.45, 7) is 9.93. The van der Waals surface area contributed by atoms with Crippen molar-refractivity contribution in [3.63, 3.8) is 0 Å². The summed E-state index contributed by atoms with van der Waals surface area (Å²) in [5.74, 6) is 0. The van der Waals surface area contributed by atoms with E-state index in [0.29, 0.717) is 0 Å². The molecule has 2 fully saturated rings. The lowest BCUT2D eigenvalue weighted by molar-refractivity contribution is 0.0728. The van der Waals surface area contributed by atoms with Crippen LogP contribution in [0.15, 0.2) is 12.5 Å². The van der Waals surface area contributed by atoms with Gasteiger partial charge >= 0.3 is 0 Å². The van der Waals surface area contributed by atoms with Crippen molar-refractivity contribution in [3.8, 4) is 0 Å². The van der Waals surface area contributed by atoms with Crippen molar-refractivity contribution >= 4 is 0 Å². The van der Waals surface area contributed by atoms with Gasteiger partial charge in [0.2, 0.25) is 0 Å². The van der Waals surface area contributed by atoms with Crippen LogP contribution in [-0.4, -0.2) is 35.4 Å². The van der Waals surface area contributed by atoms with E-state index in [1.807, 2.05) is 6.33 Å². The van der Waals surface area contributed by atoms with E-state index in [1.165, 1.54) is 18.5 Å². The van der Waals surface area contributed by atoms with Gasteiger partial charge < -0.3 is 14.6 Å². The second kappa shape index (κ2) is 4.60. The molecule has 3 rings (SSSR count). The lowest BCUT2D eigenvalue weighted by atomic mass is 9.77. The summed E-state index contributed by atoms with van der Waals surface area (Å²) < 4.78 is 8.21. The summed E-state index contributed by atoms with van der Waals surface area (Å²) >= 11 is 0. The van der Waals surface area contributed by atoms with E-state index in [0.717, 1.165) is 26.1 Å². The molecule has 19 heavy (non-hydrogen) atoms. The van der Waals surface area contributed by atoms with E-state index in [9.17, 15) is 0 Å². The van der Waals surface area contributed by atoms with Gasteiger partial charge in [0.15, 0.2) is 0 Å². The molecule has 0 amide bonds. The normalized spacial score (nSPS) is 34.6. The highest BCUT2D eigenvalue weighted by Crippen LogP contribution is 2.39. The zero-order valence-corrected chi connectivity index (χ0v) is 12.3. The second-order valence-electron chi connectivity index (χ2n) is 6.58. The summed E-state index contributed by atoms with van der Waals surface area (Å²) in [5.41, 5.74) is 1.68. The van der Waals surface area contributed by atoms with Crippen LogP contribution < -0.4 is 5.32 Å². The molecule has 4 heteroatoms. The van der Waals surface area contributed by atoms with Crippen LogP contribution in [0.2, 0.25) is 0 Å². The monoisotopic (exact) mass is 263 g/mol. The molecule has 3 heterocycles. The van der Waals surface area contributed by atoms with Crippen LogP contribution in [0.25, 0.3) is 0 Å². The Morgan fingerprint density at radius 1 is 1.32 bits per heavy atom. The van der Waals surface area contributed by atoms with Gasteiger partial charge in [-0.05, 0) is 46.2 Å². The molecule has 1 N–H and O–H groups in total. The number of piperidine rings is 1. The number of imidazole rings is 1. The number of rotatable bonds is 2. The highest BCUT2D eigenvalue weighted by Gasteiger charge is 2.42. The van der Waals surface area contributed by atoms with Gasteiger partial charge in [0.1, 0.15) is 0 Å². The van der Waals surface area contributed by atoms with Crippen LogP contribution in [-0.2, 0) is 15.7 Å². The maximum atomic E-state index is 5.81. The first-order valence-electron chi connectivity index (χ1n) is 7.42. The maximum absolute atomic E-state index is 5.81. The molecule has 106 valence electrons. The standard InChI is InChI=1S/C15H25N3O/c1-12-15(3,6-9-19-12)18-11-17-10-13(18)14(2)4-7-16-8-5-14/h10-12,16H,4-9H2,1-3H3. The first-order chi connectivity index (χ1) is 9.06. The van der Waals surface area contributed by atoms with Gasteiger partial charge in [-0.3, -0.25) is 0 Å². The Labute approximate surface area is 115 Å². The molecule has 2 unspecified atom stereocenters. The number of ether oxygens (including phenoxy) is 1. The van der Waals surface area contributed by atoms with Crippen LogP contribution in [0.4, 0.5) is 0 Å². The van der Waals surface area contributed by atoms with Crippen molar-refractivity contribution in [2.45, 2.75) is 57.1 Å². The topological polar surface area (TPSA) is 39.1 Å². The number of nitrogens with one attached hydrogen (secondary N) is 1. The van der Waals surface area contributed by atoms with Gasteiger partial charge in [0.05, 0.1) is 18.0 Å². The van der Waals surface area contributed by atoms with Gasteiger partial charge in [-0.15, -0.1) is 0 Å². The molecule has 0 spiro atoms.